The first-order valence-electron chi connectivity index (χ1n) is 7.44. The van der Waals surface area contributed by atoms with Crippen molar-refractivity contribution >= 4 is 16.5 Å². The molecule has 1 unspecified atom stereocenters. The largest absolute Gasteiger partial charge is 0.445 e. The monoisotopic (exact) mass is 335 g/mol. The normalized spacial score (nSPS) is 27.5. The summed E-state index contributed by atoms with van der Waals surface area (Å²) in [7, 11) is 0. The molecule has 0 bridgehead atoms. The molecular formula is C13H20F3N5S. The zero-order valence-corrected chi connectivity index (χ0v) is 13.3. The van der Waals surface area contributed by atoms with E-state index in [1.807, 2.05) is 4.90 Å². The average molecular weight is 335 g/mol. The van der Waals surface area contributed by atoms with Gasteiger partial charge in [-0.05, 0) is 18.4 Å². The Morgan fingerprint density at radius 1 is 1.23 bits per heavy atom. The number of alkyl halides is 3. The summed E-state index contributed by atoms with van der Waals surface area (Å²) >= 11 is 0.630. The van der Waals surface area contributed by atoms with Crippen molar-refractivity contribution in [1.29, 1.82) is 0 Å². The van der Waals surface area contributed by atoms with E-state index in [4.69, 9.17) is 0 Å². The van der Waals surface area contributed by atoms with Gasteiger partial charge in [0, 0.05) is 39.3 Å². The Kier molecular flexibility index (Phi) is 4.30. The first kappa shape index (κ1) is 15.9. The van der Waals surface area contributed by atoms with E-state index in [0.717, 1.165) is 32.7 Å². The van der Waals surface area contributed by atoms with Crippen molar-refractivity contribution in [3.05, 3.63) is 5.01 Å². The highest BCUT2D eigenvalue weighted by Gasteiger charge is 2.37. The standard InChI is InChI=1S/C13H20F3N5S/c1-12(2-3-17-8-12)9-20-4-6-21(7-5-20)11-19-18-10(22-11)13(14,15)16/h17H,2-9H2,1H3. The minimum atomic E-state index is -4.40. The van der Waals surface area contributed by atoms with E-state index >= 15 is 0 Å². The maximum Gasteiger partial charge on any atom is 0.445 e. The first-order valence-corrected chi connectivity index (χ1v) is 8.26. The number of rotatable bonds is 3. The Morgan fingerprint density at radius 3 is 2.50 bits per heavy atom. The molecule has 2 aliphatic rings. The highest BCUT2D eigenvalue weighted by molar-refractivity contribution is 7.15. The van der Waals surface area contributed by atoms with Crippen LogP contribution >= 0.6 is 11.3 Å². The van der Waals surface area contributed by atoms with Gasteiger partial charge < -0.3 is 10.2 Å². The Morgan fingerprint density at radius 2 is 1.95 bits per heavy atom. The molecule has 0 spiro atoms. The third-order valence-corrected chi connectivity index (χ3v) is 5.39. The molecular weight excluding hydrogens is 315 g/mol. The van der Waals surface area contributed by atoms with E-state index in [-0.39, 0.29) is 0 Å². The predicted octanol–water partition coefficient (Wildman–Crippen LogP) is 1.68. The average Bonchev–Trinajstić information content (AvgIpc) is 3.08. The fourth-order valence-electron chi connectivity index (χ4n) is 3.10. The van der Waals surface area contributed by atoms with Crippen molar-refractivity contribution in [2.45, 2.75) is 19.5 Å². The number of nitrogens with one attached hydrogen (secondary N) is 1. The van der Waals surface area contributed by atoms with Gasteiger partial charge in [-0.2, -0.15) is 13.2 Å². The lowest BCUT2D eigenvalue weighted by Gasteiger charge is -2.38. The van der Waals surface area contributed by atoms with Gasteiger partial charge in [-0.1, -0.05) is 18.3 Å². The van der Waals surface area contributed by atoms with Crippen molar-refractivity contribution < 1.29 is 13.2 Å². The summed E-state index contributed by atoms with van der Waals surface area (Å²) < 4.78 is 37.7. The zero-order valence-electron chi connectivity index (χ0n) is 12.5. The maximum atomic E-state index is 12.6. The molecule has 124 valence electrons. The molecule has 1 N–H and O–H groups in total. The molecule has 1 atom stereocenters. The maximum absolute atomic E-state index is 12.6. The number of hydrogen-bond donors (Lipinski definition) is 1. The molecule has 1 aromatic heterocycles. The van der Waals surface area contributed by atoms with Crippen molar-refractivity contribution in [1.82, 2.24) is 20.4 Å². The van der Waals surface area contributed by atoms with Gasteiger partial charge in [0.25, 0.3) is 0 Å². The second-order valence-electron chi connectivity index (χ2n) is 6.39. The molecule has 0 saturated carbocycles. The summed E-state index contributed by atoms with van der Waals surface area (Å²) in [6.07, 6.45) is -3.22. The molecule has 2 saturated heterocycles. The number of piperazine rings is 1. The first-order chi connectivity index (χ1) is 10.4. The lowest BCUT2D eigenvalue weighted by molar-refractivity contribution is -0.138. The van der Waals surface area contributed by atoms with Crippen LogP contribution < -0.4 is 10.2 Å². The van der Waals surface area contributed by atoms with Gasteiger partial charge in [-0.25, -0.2) is 0 Å². The van der Waals surface area contributed by atoms with Crippen LogP contribution in [0.5, 0.6) is 0 Å². The quantitative estimate of drug-likeness (QED) is 0.910. The molecule has 0 amide bonds. The van der Waals surface area contributed by atoms with Crippen LogP contribution in [0.3, 0.4) is 0 Å². The van der Waals surface area contributed by atoms with E-state index in [1.165, 1.54) is 6.42 Å². The van der Waals surface area contributed by atoms with Gasteiger partial charge in [-0.15, -0.1) is 10.2 Å². The van der Waals surface area contributed by atoms with Crippen LogP contribution in [-0.2, 0) is 6.18 Å². The van der Waals surface area contributed by atoms with Crippen molar-refractivity contribution in [3.63, 3.8) is 0 Å². The molecule has 1 aromatic rings. The molecule has 2 fully saturated rings. The molecule has 0 radical (unpaired) electrons. The summed E-state index contributed by atoms with van der Waals surface area (Å²) in [5, 5.41) is 9.85. The summed E-state index contributed by atoms with van der Waals surface area (Å²) in [5.41, 5.74) is 0.314. The van der Waals surface area contributed by atoms with Gasteiger partial charge in [0.1, 0.15) is 0 Å². The van der Waals surface area contributed by atoms with Crippen LogP contribution in [-0.4, -0.2) is 60.9 Å². The van der Waals surface area contributed by atoms with E-state index < -0.39 is 11.2 Å². The van der Waals surface area contributed by atoms with Gasteiger partial charge >= 0.3 is 6.18 Å². The van der Waals surface area contributed by atoms with Crippen LogP contribution in [0.15, 0.2) is 0 Å². The predicted molar refractivity (Wildman–Crippen MR) is 79.2 cm³/mol. The molecule has 9 heteroatoms. The Hall–Kier alpha value is -0.930. The van der Waals surface area contributed by atoms with Crippen molar-refractivity contribution in [3.8, 4) is 0 Å². The summed E-state index contributed by atoms with van der Waals surface area (Å²) in [5.74, 6) is 0. The van der Waals surface area contributed by atoms with Crippen LogP contribution in [0, 0.1) is 5.41 Å². The molecule has 3 heterocycles. The molecule has 3 rings (SSSR count). The minimum Gasteiger partial charge on any atom is -0.344 e. The second kappa shape index (κ2) is 5.93. The van der Waals surface area contributed by atoms with Crippen LogP contribution in [0.25, 0.3) is 0 Å². The summed E-state index contributed by atoms with van der Waals surface area (Å²) in [6.45, 7) is 8.57. The lowest BCUT2D eigenvalue weighted by Crippen LogP contribution is -2.49. The smallest absolute Gasteiger partial charge is 0.344 e. The Balaban J connectivity index is 1.54. The third kappa shape index (κ3) is 3.52. The van der Waals surface area contributed by atoms with Gasteiger partial charge in [-0.3, -0.25) is 4.90 Å². The van der Waals surface area contributed by atoms with Crippen molar-refractivity contribution in [2.75, 3.05) is 50.7 Å². The molecule has 22 heavy (non-hydrogen) atoms. The van der Waals surface area contributed by atoms with Crippen LogP contribution in [0.4, 0.5) is 18.3 Å². The van der Waals surface area contributed by atoms with E-state index in [2.05, 4.69) is 27.3 Å². The second-order valence-corrected chi connectivity index (χ2v) is 7.34. The fraction of sp³-hybridized carbons (Fsp3) is 0.846. The summed E-state index contributed by atoms with van der Waals surface area (Å²) in [6, 6.07) is 0. The number of hydrogen-bond acceptors (Lipinski definition) is 6. The van der Waals surface area contributed by atoms with E-state index in [1.54, 1.807) is 0 Å². The molecule has 5 nitrogen and oxygen atoms in total. The van der Waals surface area contributed by atoms with Gasteiger partial charge in [0.05, 0.1) is 0 Å². The lowest BCUT2D eigenvalue weighted by atomic mass is 9.89. The molecule has 2 aliphatic heterocycles. The number of aromatic nitrogens is 2. The highest BCUT2D eigenvalue weighted by Crippen LogP contribution is 2.34. The number of nitrogens with zero attached hydrogens (tertiary/aromatic N) is 4. The summed E-state index contributed by atoms with van der Waals surface area (Å²) in [4.78, 5) is 4.30. The van der Waals surface area contributed by atoms with Gasteiger partial charge in [0.2, 0.25) is 10.1 Å². The number of anilines is 1. The van der Waals surface area contributed by atoms with Crippen LogP contribution in [0.1, 0.15) is 18.4 Å². The Labute approximate surface area is 131 Å². The van der Waals surface area contributed by atoms with E-state index in [0.29, 0.717) is 35.0 Å². The van der Waals surface area contributed by atoms with E-state index in [9.17, 15) is 13.2 Å². The van der Waals surface area contributed by atoms with Crippen molar-refractivity contribution in [2.24, 2.45) is 5.41 Å². The minimum absolute atomic E-state index is 0.314. The Bertz CT molecular complexity index is 504. The molecule has 0 aliphatic carbocycles. The SMILES string of the molecule is CC1(CN2CCN(c3nnc(C(F)(F)F)s3)CC2)CCNC1. The zero-order chi connectivity index (χ0) is 15.8. The van der Waals surface area contributed by atoms with Crippen LogP contribution in [0.2, 0.25) is 0 Å². The topological polar surface area (TPSA) is 44.3 Å². The fourth-order valence-corrected chi connectivity index (χ4v) is 3.86. The highest BCUT2D eigenvalue weighted by atomic mass is 32.1. The third-order valence-electron chi connectivity index (χ3n) is 4.36. The van der Waals surface area contributed by atoms with Gasteiger partial charge in [0.15, 0.2) is 0 Å². The molecule has 0 aromatic carbocycles. The number of halogens is 3.